The molecule has 0 aliphatic carbocycles. The normalized spacial score (nSPS) is 11.6. The first-order valence-corrected chi connectivity index (χ1v) is 60.8. The van der Waals surface area contributed by atoms with Gasteiger partial charge < -0.3 is 0 Å². The molecule has 662 valence electrons. The van der Waals surface area contributed by atoms with Crippen LogP contribution in [0.15, 0.2) is 0 Å². The monoisotopic (exact) mass is 1770 g/mol. The fourth-order valence-electron chi connectivity index (χ4n) is 14.8. The Bertz CT molecular complexity index is 1680. The molecule has 0 aromatic heterocycles. The van der Waals surface area contributed by atoms with E-state index in [1.165, 1.54) is 308 Å². The Hall–Kier alpha value is -1.54. The average molecular weight is 1770 g/mol. The molecule has 0 saturated heterocycles. The maximum absolute atomic E-state index is 13.6. The first kappa shape index (κ1) is 110. The standard InChI is InChI=1S/C96H186As3NO12/c1-7-13-19-25-31-37-43-49-55-61-85-107-91(101)67-73-97(74-68-92(102)108-86-62-56-50-44-38-32-26-20-14-8-2)79-82-100(83-80-98(75-69-93(103)109-87-63-57-51-45-39-33-27-21-15-9-3)76-70-94(104)110-88-64-58-52-46-40-34-28-22-16-10-4)84-81-99(77-71-95(105)111-89-65-59-53-47-41-35-29-23-17-11-5)78-72-96(106)112-90-66-60-54-48-42-36-30-24-18-12-6/h7-90H2,1-6H3. The van der Waals surface area contributed by atoms with E-state index in [1.54, 1.807) is 0 Å². The Kier molecular flexibility index (Phi) is 90.5. The van der Waals surface area contributed by atoms with Crippen LogP contribution in [0.2, 0.25) is 46.9 Å². The second kappa shape index (κ2) is 91.8. The number of nitrogens with zero attached hydrogens (tertiary/aromatic N) is 1. The van der Waals surface area contributed by atoms with Crippen molar-refractivity contribution < 1.29 is 57.2 Å². The van der Waals surface area contributed by atoms with Gasteiger partial charge in [-0.25, -0.2) is 0 Å². The third-order valence-electron chi connectivity index (χ3n) is 22.6. The predicted molar refractivity (Wildman–Crippen MR) is 481 cm³/mol. The zero-order chi connectivity index (χ0) is 81.4. The van der Waals surface area contributed by atoms with Gasteiger partial charge in [0, 0.05) is 0 Å². The summed E-state index contributed by atoms with van der Waals surface area (Å²) in [5, 5.41) is 7.39. The molecule has 0 fully saturated rings. The average Bonchev–Trinajstić information content (AvgIpc) is 0.916. The van der Waals surface area contributed by atoms with Gasteiger partial charge >= 0.3 is 556 Å². The van der Waals surface area contributed by atoms with Crippen LogP contribution in [0, 0.1) is 0 Å². The van der Waals surface area contributed by atoms with Gasteiger partial charge in [0.2, 0.25) is 0 Å². The van der Waals surface area contributed by atoms with E-state index in [4.69, 9.17) is 28.4 Å². The SMILES string of the molecule is CCCCCCCCCCCCOC(=O)CC[As](CCC(=O)OCCCCCCCCCCCC)CCN(CC[As](CCC(=O)OCCCCCCCCCCCC)CCC(=O)OCCCCCCCCCCCC)CC[As](CCC(=O)OCCCCCCCCCCCC)CCC(=O)OCCCCCCCCCCCC. The van der Waals surface area contributed by atoms with E-state index in [-0.39, 0.29) is 35.8 Å². The van der Waals surface area contributed by atoms with Crippen LogP contribution in [0.1, 0.15) is 465 Å². The fraction of sp³-hybridized carbons (Fsp3) is 0.938. The summed E-state index contributed by atoms with van der Waals surface area (Å²) in [6.45, 7) is 18.8. The van der Waals surface area contributed by atoms with Crippen LogP contribution in [0.3, 0.4) is 0 Å². The van der Waals surface area contributed by atoms with E-state index in [1.807, 2.05) is 0 Å². The third-order valence-corrected chi connectivity index (χ3v) is 38.6. The molecule has 0 atom stereocenters. The summed E-state index contributed by atoms with van der Waals surface area (Å²) in [4.78, 5) is 84.2. The molecule has 0 bridgehead atoms. The molecule has 0 aliphatic rings. The minimum atomic E-state index is -1.82. The zero-order valence-corrected chi connectivity index (χ0v) is 80.7. The van der Waals surface area contributed by atoms with Crippen LogP contribution >= 0.6 is 0 Å². The molecule has 0 rings (SSSR count). The van der Waals surface area contributed by atoms with E-state index in [0.717, 1.165) is 144 Å². The topological polar surface area (TPSA) is 161 Å². The number of carbonyl (C=O) groups excluding carboxylic acids is 6. The van der Waals surface area contributed by atoms with Gasteiger partial charge in [-0.2, -0.15) is 0 Å². The summed E-state index contributed by atoms with van der Waals surface area (Å²) in [6, 6.07) is 0. The van der Waals surface area contributed by atoms with Gasteiger partial charge in [-0.15, -0.1) is 0 Å². The van der Waals surface area contributed by atoms with Crippen molar-refractivity contribution in [2.75, 3.05) is 59.3 Å². The third kappa shape index (κ3) is 84.9. The summed E-state index contributed by atoms with van der Waals surface area (Å²) in [6.07, 6.45) is 75.6. The van der Waals surface area contributed by atoms with Crippen molar-refractivity contribution in [3.05, 3.63) is 0 Å². The smallest absolute Gasteiger partial charge is 0.0654 e. The molecule has 0 N–H and O–H groups in total. The van der Waals surface area contributed by atoms with Crippen molar-refractivity contribution in [3.8, 4) is 0 Å². The van der Waals surface area contributed by atoms with Crippen molar-refractivity contribution in [3.63, 3.8) is 0 Å². The molecule has 0 aromatic carbocycles. The molecule has 0 saturated carbocycles. The molecule has 0 heterocycles. The molecule has 16 heteroatoms. The summed E-state index contributed by atoms with van der Waals surface area (Å²) < 4.78 is 35.5. The van der Waals surface area contributed by atoms with Crippen LogP contribution in [-0.2, 0) is 57.2 Å². The second-order valence-electron chi connectivity index (χ2n) is 33.3. The molecule has 0 amide bonds. The van der Waals surface area contributed by atoms with Crippen molar-refractivity contribution >= 4 is 79.8 Å². The number of carbonyl (C=O) groups is 6. The van der Waals surface area contributed by atoms with Crippen molar-refractivity contribution in [2.24, 2.45) is 0 Å². The first-order chi connectivity index (χ1) is 55.0. The van der Waals surface area contributed by atoms with Gasteiger partial charge in [0.1, 0.15) is 0 Å². The Morgan fingerprint density at radius 3 is 0.411 bits per heavy atom. The van der Waals surface area contributed by atoms with E-state index in [2.05, 4.69) is 46.4 Å². The molecule has 0 aliphatic heterocycles. The minimum Gasteiger partial charge on any atom is -0.0654 e. The Labute approximate surface area is 708 Å². The molecular weight excluding hydrogens is 1580 g/mol. The van der Waals surface area contributed by atoms with Gasteiger partial charge in [0.25, 0.3) is 0 Å². The zero-order valence-electron chi connectivity index (χ0n) is 75.1. The van der Waals surface area contributed by atoms with Crippen LogP contribution in [-0.4, -0.2) is 144 Å². The number of hydrogen-bond acceptors (Lipinski definition) is 13. The van der Waals surface area contributed by atoms with Gasteiger partial charge in [-0.05, 0) is 0 Å². The molecule has 112 heavy (non-hydrogen) atoms. The molecule has 13 nitrogen and oxygen atoms in total. The fourth-order valence-corrected chi connectivity index (χ4v) is 28.8. The Morgan fingerprint density at radius 1 is 0.170 bits per heavy atom. The number of hydrogen-bond donors (Lipinski definition) is 0. The van der Waals surface area contributed by atoms with E-state index in [0.29, 0.717) is 78.2 Å². The van der Waals surface area contributed by atoms with E-state index < -0.39 is 44.0 Å². The van der Waals surface area contributed by atoms with Crippen LogP contribution in [0.5, 0.6) is 0 Å². The Balaban J connectivity index is 6.87. The van der Waals surface area contributed by atoms with Gasteiger partial charge in [0.15, 0.2) is 0 Å². The van der Waals surface area contributed by atoms with Crippen LogP contribution in [0.4, 0.5) is 0 Å². The van der Waals surface area contributed by atoms with Crippen molar-refractivity contribution in [1.29, 1.82) is 0 Å². The van der Waals surface area contributed by atoms with E-state index >= 15 is 0 Å². The number of ether oxygens (including phenoxy) is 6. The summed E-state index contributed by atoms with van der Waals surface area (Å²) >= 11 is -5.46. The number of esters is 6. The molecule has 0 spiro atoms. The van der Waals surface area contributed by atoms with Crippen LogP contribution < -0.4 is 0 Å². The molecular formula is C96H186As3NO12. The quantitative estimate of drug-likeness (QED) is 0.0245. The molecule has 0 radical (unpaired) electrons. The van der Waals surface area contributed by atoms with Crippen LogP contribution in [0.25, 0.3) is 0 Å². The van der Waals surface area contributed by atoms with Crippen molar-refractivity contribution in [1.82, 2.24) is 4.90 Å². The first-order valence-electron chi connectivity index (χ1n) is 48.8. The van der Waals surface area contributed by atoms with Gasteiger partial charge in [-0.1, -0.05) is 157 Å². The van der Waals surface area contributed by atoms with Crippen molar-refractivity contribution in [2.45, 2.75) is 512 Å². The molecule has 0 unspecified atom stereocenters. The second-order valence-corrected chi connectivity index (χ2v) is 50.2. The number of rotatable bonds is 93. The summed E-state index contributed by atoms with van der Waals surface area (Å²) in [5.74, 6) is -0.794. The summed E-state index contributed by atoms with van der Waals surface area (Å²) in [5.41, 5.74) is 0. The van der Waals surface area contributed by atoms with Gasteiger partial charge in [0.05, 0.1) is 0 Å². The maximum atomic E-state index is 13.6. The predicted octanol–water partition coefficient (Wildman–Crippen LogP) is 28.9. The Morgan fingerprint density at radius 2 is 0.286 bits per heavy atom. The van der Waals surface area contributed by atoms with Gasteiger partial charge in [-0.3, -0.25) is 0 Å². The number of unbranched alkanes of at least 4 members (excludes halogenated alkanes) is 54. The minimum absolute atomic E-state index is 0.132. The summed E-state index contributed by atoms with van der Waals surface area (Å²) in [7, 11) is 0. The molecule has 0 aromatic rings. The van der Waals surface area contributed by atoms with E-state index in [9.17, 15) is 28.8 Å².